The van der Waals surface area contributed by atoms with Gasteiger partial charge in [-0.1, -0.05) is 0 Å². The number of carbonyl (C=O) groups is 1. The van der Waals surface area contributed by atoms with Crippen molar-refractivity contribution in [2.45, 2.75) is 19.9 Å². The maximum Gasteiger partial charge on any atom is 0.328 e. The van der Waals surface area contributed by atoms with Gasteiger partial charge in [0, 0.05) is 0 Å². The molecule has 0 saturated carbocycles. The average molecular weight is 270 g/mol. The Labute approximate surface area is 108 Å². The van der Waals surface area contributed by atoms with Crippen LogP contribution in [0.1, 0.15) is 13.8 Å². The molecule has 1 atom stereocenters. The molecule has 0 amide bonds. The van der Waals surface area contributed by atoms with Crippen molar-refractivity contribution in [3.05, 3.63) is 11.5 Å². The monoisotopic (exact) mass is 269 g/mol. The molecule has 2 aromatic rings. The van der Waals surface area contributed by atoms with Crippen molar-refractivity contribution in [3.8, 4) is 0 Å². The number of aromatic amines is 1. The number of fused-ring (bicyclic) bond motifs is 1. The van der Waals surface area contributed by atoms with Crippen molar-refractivity contribution in [3.63, 3.8) is 0 Å². The molecular formula is C10H12ClN5O2. The molecular weight excluding hydrogens is 258 g/mol. The van der Waals surface area contributed by atoms with Crippen molar-refractivity contribution in [2.75, 3.05) is 11.9 Å². The molecule has 2 rings (SSSR count). The second-order valence-corrected chi connectivity index (χ2v) is 3.93. The van der Waals surface area contributed by atoms with Crippen LogP contribution in [0.5, 0.6) is 0 Å². The highest BCUT2D eigenvalue weighted by atomic mass is 35.5. The summed E-state index contributed by atoms with van der Waals surface area (Å²) in [6, 6.07) is -0.533. The largest absolute Gasteiger partial charge is 0.464 e. The zero-order chi connectivity index (χ0) is 13.1. The lowest BCUT2D eigenvalue weighted by Gasteiger charge is -2.13. The highest BCUT2D eigenvalue weighted by molar-refractivity contribution is 6.28. The molecule has 0 fully saturated rings. The van der Waals surface area contributed by atoms with Gasteiger partial charge in [-0.15, -0.1) is 0 Å². The minimum Gasteiger partial charge on any atom is -0.464 e. The van der Waals surface area contributed by atoms with Gasteiger partial charge < -0.3 is 10.1 Å². The van der Waals surface area contributed by atoms with Crippen LogP contribution in [0.2, 0.25) is 5.28 Å². The molecule has 2 heterocycles. The van der Waals surface area contributed by atoms with Crippen molar-refractivity contribution in [1.29, 1.82) is 0 Å². The van der Waals surface area contributed by atoms with Gasteiger partial charge in [0.25, 0.3) is 0 Å². The van der Waals surface area contributed by atoms with Gasteiger partial charge in [0.2, 0.25) is 5.28 Å². The fraction of sp³-hybridized carbons (Fsp3) is 0.400. The standard InChI is InChI=1S/C10H12ClN5O2/c1-3-18-9(17)5(2)13-7-6-4-12-16-8(6)15-10(11)14-7/h4-5H,3H2,1-2H3,(H2,12,13,14,15,16). The Hall–Kier alpha value is -1.89. The summed E-state index contributed by atoms with van der Waals surface area (Å²) in [7, 11) is 0. The van der Waals surface area contributed by atoms with Crippen molar-refractivity contribution in [2.24, 2.45) is 0 Å². The topological polar surface area (TPSA) is 92.8 Å². The van der Waals surface area contributed by atoms with Crippen LogP contribution in [0, 0.1) is 0 Å². The number of carbonyl (C=O) groups excluding carboxylic acids is 1. The van der Waals surface area contributed by atoms with Crippen LogP contribution in [-0.2, 0) is 9.53 Å². The second kappa shape index (κ2) is 5.18. The number of H-pyrrole nitrogens is 1. The van der Waals surface area contributed by atoms with Crippen molar-refractivity contribution < 1.29 is 9.53 Å². The minimum atomic E-state index is -0.533. The van der Waals surface area contributed by atoms with E-state index in [0.29, 0.717) is 23.5 Å². The van der Waals surface area contributed by atoms with E-state index >= 15 is 0 Å². The number of nitrogens with one attached hydrogen (secondary N) is 2. The number of nitrogens with zero attached hydrogens (tertiary/aromatic N) is 3. The Morgan fingerprint density at radius 3 is 3.11 bits per heavy atom. The molecule has 0 aromatic carbocycles. The number of hydrogen-bond acceptors (Lipinski definition) is 6. The summed E-state index contributed by atoms with van der Waals surface area (Å²) < 4.78 is 4.90. The fourth-order valence-corrected chi connectivity index (χ4v) is 1.62. The number of rotatable bonds is 4. The molecule has 0 aliphatic carbocycles. The number of hydrogen-bond donors (Lipinski definition) is 2. The summed E-state index contributed by atoms with van der Waals surface area (Å²) in [5.41, 5.74) is 0.508. The average Bonchev–Trinajstić information content (AvgIpc) is 2.77. The van der Waals surface area contributed by atoms with Gasteiger partial charge in [-0.05, 0) is 25.4 Å². The number of aromatic nitrogens is 4. The third kappa shape index (κ3) is 2.51. The Bertz CT molecular complexity index is 570. The molecule has 0 aliphatic heterocycles. The van der Waals surface area contributed by atoms with E-state index in [1.165, 1.54) is 0 Å². The molecule has 2 N–H and O–H groups in total. The Balaban J connectivity index is 2.25. The first kappa shape index (κ1) is 12.6. The van der Waals surface area contributed by atoms with E-state index in [1.807, 2.05) is 0 Å². The summed E-state index contributed by atoms with van der Waals surface area (Å²) >= 11 is 5.78. The third-order valence-electron chi connectivity index (χ3n) is 2.28. The molecule has 2 aromatic heterocycles. The van der Waals surface area contributed by atoms with Crippen LogP contribution in [-0.4, -0.2) is 38.8 Å². The molecule has 8 heteroatoms. The third-order valence-corrected chi connectivity index (χ3v) is 2.44. The number of ether oxygens (including phenoxy) is 1. The van der Waals surface area contributed by atoms with Gasteiger partial charge in [0.1, 0.15) is 11.9 Å². The number of halogens is 1. The quantitative estimate of drug-likeness (QED) is 0.643. The molecule has 96 valence electrons. The predicted octanol–water partition coefficient (Wildman–Crippen LogP) is 1.37. The molecule has 0 aliphatic rings. The molecule has 0 saturated heterocycles. The van der Waals surface area contributed by atoms with Gasteiger partial charge in [-0.3, -0.25) is 5.10 Å². The molecule has 18 heavy (non-hydrogen) atoms. The Morgan fingerprint density at radius 1 is 1.61 bits per heavy atom. The van der Waals surface area contributed by atoms with Crippen LogP contribution in [0.15, 0.2) is 6.20 Å². The lowest BCUT2D eigenvalue weighted by molar-refractivity contribution is -0.143. The van der Waals surface area contributed by atoms with Gasteiger partial charge in [0.05, 0.1) is 18.2 Å². The van der Waals surface area contributed by atoms with Crippen LogP contribution in [0.4, 0.5) is 5.82 Å². The van der Waals surface area contributed by atoms with E-state index in [1.54, 1.807) is 20.0 Å². The minimum absolute atomic E-state index is 0.0744. The van der Waals surface area contributed by atoms with Crippen LogP contribution < -0.4 is 5.32 Å². The molecule has 0 radical (unpaired) electrons. The highest BCUT2D eigenvalue weighted by Gasteiger charge is 2.17. The Morgan fingerprint density at radius 2 is 2.39 bits per heavy atom. The van der Waals surface area contributed by atoms with Crippen molar-refractivity contribution in [1.82, 2.24) is 20.2 Å². The lowest BCUT2D eigenvalue weighted by atomic mass is 10.3. The smallest absolute Gasteiger partial charge is 0.328 e. The van der Waals surface area contributed by atoms with E-state index in [0.717, 1.165) is 0 Å². The van der Waals surface area contributed by atoms with Gasteiger partial charge >= 0.3 is 5.97 Å². The van der Waals surface area contributed by atoms with Gasteiger partial charge in [0.15, 0.2) is 5.65 Å². The van der Waals surface area contributed by atoms with E-state index in [-0.39, 0.29) is 11.3 Å². The predicted molar refractivity (Wildman–Crippen MR) is 66.4 cm³/mol. The van der Waals surface area contributed by atoms with Crippen LogP contribution in [0.25, 0.3) is 11.0 Å². The van der Waals surface area contributed by atoms with Gasteiger partial charge in [-0.25, -0.2) is 4.79 Å². The Kier molecular flexibility index (Phi) is 3.61. The molecule has 0 bridgehead atoms. The van der Waals surface area contributed by atoms with E-state index in [2.05, 4.69) is 25.5 Å². The first-order chi connectivity index (χ1) is 8.61. The summed E-state index contributed by atoms with van der Waals surface area (Å²) in [6.07, 6.45) is 1.56. The number of esters is 1. The normalized spacial score (nSPS) is 12.4. The van der Waals surface area contributed by atoms with E-state index < -0.39 is 6.04 Å². The second-order valence-electron chi connectivity index (χ2n) is 3.59. The first-order valence-corrected chi connectivity index (χ1v) is 5.79. The molecule has 0 spiro atoms. The summed E-state index contributed by atoms with van der Waals surface area (Å²) in [5.74, 6) is 0.0863. The van der Waals surface area contributed by atoms with E-state index in [4.69, 9.17) is 16.3 Å². The SMILES string of the molecule is CCOC(=O)C(C)Nc1nc(Cl)nc2[nH]ncc12. The summed E-state index contributed by atoms with van der Waals surface area (Å²) in [5, 5.41) is 10.2. The van der Waals surface area contributed by atoms with Crippen molar-refractivity contribution >= 4 is 34.4 Å². The first-order valence-electron chi connectivity index (χ1n) is 5.41. The lowest BCUT2D eigenvalue weighted by Crippen LogP contribution is -2.28. The van der Waals surface area contributed by atoms with Crippen LogP contribution in [0.3, 0.4) is 0 Å². The van der Waals surface area contributed by atoms with Gasteiger partial charge in [-0.2, -0.15) is 15.1 Å². The summed E-state index contributed by atoms with van der Waals surface area (Å²) in [6.45, 7) is 3.76. The summed E-state index contributed by atoms with van der Waals surface area (Å²) in [4.78, 5) is 19.5. The number of anilines is 1. The molecule has 7 nitrogen and oxygen atoms in total. The zero-order valence-electron chi connectivity index (χ0n) is 9.90. The van der Waals surface area contributed by atoms with E-state index in [9.17, 15) is 4.79 Å². The molecule has 1 unspecified atom stereocenters. The fourth-order valence-electron chi connectivity index (χ4n) is 1.45. The zero-order valence-corrected chi connectivity index (χ0v) is 10.7. The van der Waals surface area contributed by atoms with Crippen LogP contribution >= 0.6 is 11.6 Å². The maximum absolute atomic E-state index is 11.5. The highest BCUT2D eigenvalue weighted by Crippen LogP contribution is 2.20. The maximum atomic E-state index is 11.5.